The predicted molar refractivity (Wildman–Crippen MR) is 153 cm³/mol. The number of likely N-dealkylation sites (tertiary alicyclic amines) is 1. The summed E-state index contributed by atoms with van der Waals surface area (Å²) in [5.41, 5.74) is 3.03. The Bertz CT molecular complexity index is 1440. The molecule has 1 heterocycles. The molecule has 1 aliphatic rings. The fourth-order valence-electron chi connectivity index (χ4n) is 4.78. The number of aryl methyl sites for hydroxylation is 1. The number of Topliss-reactive ketones (excluding diaryl/α,β-unsaturated/α-hetero) is 1. The van der Waals surface area contributed by atoms with Crippen molar-refractivity contribution in [2.75, 3.05) is 0 Å². The minimum absolute atomic E-state index is 0.0223. The zero-order valence-corrected chi connectivity index (χ0v) is 23.7. The van der Waals surface area contributed by atoms with E-state index < -0.39 is 23.3 Å². The minimum Gasteiger partial charge on any atom is -0.508 e. The van der Waals surface area contributed by atoms with Gasteiger partial charge in [0.15, 0.2) is 0 Å². The molecule has 0 aliphatic carbocycles. The molecule has 6 nitrogen and oxygen atoms in total. The number of phenols is 1. The van der Waals surface area contributed by atoms with Crippen molar-refractivity contribution in [1.82, 2.24) is 4.90 Å². The summed E-state index contributed by atoms with van der Waals surface area (Å²) < 4.78 is 6.15. The highest BCUT2D eigenvalue weighted by Crippen LogP contribution is 2.42. The van der Waals surface area contributed by atoms with Crippen LogP contribution in [0, 0.1) is 6.92 Å². The molecule has 204 valence electrons. The van der Waals surface area contributed by atoms with E-state index in [4.69, 9.17) is 4.74 Å². The lowest BCUT2D eigenvalue weighted by molar-refractivity contribution is -0.140. The summed E-state index contributed by atoms with van der Waals surface area (Å²) >= 11 is 0. The van der Waals surface area contributed by atoms with Crippen LogP contribution in [-0.2, 0) is 21.5 Å². The highest BCUT2D eigenvalue weighted by atomic mass is 16.5. The molecule has 0 spiro atoms. The molecule has 3 aromatic carbocycles. The number of carbonyl (C=O) groups excluding carboxylic acids is 2. The van der Waals surface area contributed by atoms with Gasteiger partial charge in [0.2, 0.25) is 0 Å². The van der Waals surface area contributed by atoms with Crippen LogP contribution in [0.2, 0.25) is 0 Å². The third-order valence-corrected chi connectivity index (χ3v) is 6.84. The Morgan fingerprint density at radius 3 is 2.18 bits per heavy atom. The molecule has 1 saturated heterocycles. The number of amides is 1. The molecule has 39 heavy (non-hydrogen) atoms. The molecular formula is C33H37NO5. The number of carbonyl (C=O) groups is 2. The fourth-order valence-corrected chi connectivity index (χ4v) is 4.78. The van der Waals surface area contributed by atoms with Crippen LogP contribution in [0.15, 0.2) is 72.3 Å². The van der Waals surface area contributed by atoms with E-state index in [1.165, 1.54) is 17.0 Å². The Labute approximate surface area is 230 Å². The lowest BCUT2D eigenvalue weighted by Gasteiger charge is -2.28. The van der Waals surface area contributed by atoms with Gasteiger partial charge in [-0.05, 0) is 74.1 Å². The highest BCUT2D eigenvalue weighted by Gasteiger charge is 2.46. The number of aliphatic hydroxyl groups is 1. The normalized spacial score (nSPS) is 17.5. The third kappa shape index (κ3) is 5.85. The average Bonchev–Trinajstić information content (AvgIpc) is 3.09. The highest BCUT2D eigenvalue weighted by molar-refractivity contribution is 6.46. The van der Waals surface area contributed by atoms with E-state index >= 15 is 0 Å². The first-order valence-corrected chi connectivity index (χ1v) is 13.1. The molecule has 3 aromatic rings. The maximum Gasteiger partial charge on any atom is 0.295 e. The van der Waals surface area contributed by atoms with Crippen LogP contribution in [0.5, 0.6) is 11.5 Å². The van der Waals surface area contributed by atoms with Crippen LogP contribution in [-0.4, -0.2) is 32.4 Å². The molecule has 0 bridgehead atoms. The van der Waals surface area contributed by atoms with Gasteiger partial charge in [0.05, 0.1) is 18.2 Å². The second kappa shape index (κ2) is 10.3. The van der Waals surface area contributed by atoms with Gasteiger partial charge in [0.25, 0.3) is 11.7 Å². The summed E-state index contributed by atoms with van der Waals surface area (Å²) in [6.45, 7) is 14.0. The predicted octanol–water partition coefficient (Wildman–Crippen LogP) is 6.80. The standard InChI is InChI=1S/C33H37NO5/c1-20-12-15-23(32(2,3)4)18-25(20)29(36)27-28(21-13-16-24(35)17-14-21)34(31(38)30(27)37)19-22-10-8-9-11-26(22)39-33(5,6)7/h8-18,28,35-36H,19H2,1-7H3/b29-27+. The number of aromatic hydroxyl groups is 1. The van der Waals surface area contributed by atoms with Crippen LogP contribution < -0.4 is 4.74 Å². The molecule has 2 N–H and O–H groups in total. The molecule has 1 unspecified atom stereocenters. The van der Waals surface area contributed by atoms with Crippen molar-refractivity contribution in [1.29, 1.82) is 0 Å². The van der Waals surface area contributed by atoms with E-state index in [1.54, 1.807) is 12.1 Å². The number of rotatable bonds is 5. The lowest BCUT2D eigenvalue weighted by atomic mass is 9.84. The smallest absolute Gasteiger partial charge is 0.295 e. The Hall–Kier alpha value is -4.06. The van der Waals surface area contributed by atoms with E-state index in [1.807, 2.05) is 70.2 Å². The van der Waals surface area contributed by atoms with Gasteiger partial charge >= 0.3 is 0 Å². The number of benzene rings is 3. The number of aliphatic hydroxyl groups excluding tert-OH is 1. The van der Waals surface area contributed by atoms with Gasteiger partial charge in [-0.3, -0.25) is 9.59 Å². The Morgan fingerprint density at radius 2 is 1.56 bits per heavy atom. The third-order valence-electron chi connectivity index (χ3n) is 6.84. The molecular weight excluding hydrogens is 490 g/mol. The number of hydrogen-bond acceptors (Lipinski definition) is 5. The van der Waals surface area contributed by atoms with Gasteiger partial charge in [0, 0.05) is 11.1 Å². The maximum absolute atomic E-state index is 13.6. The number of ketones is 1. The van der Waals surface area contributed by atoms with Gasteiger partial charge in [-0.2, -0.15) is 0 Å². The SMILES string of the molecule is Cc1ccc(C(C)(C)C)cc1/C(O)=C1\C(=O)C(=O)N(Cc2ccccc2OC(C)(C)C)C1c1ccc(O)cc1. The van der Waals surface area contributed by atoms with Crippen molar-refractivity contribution in [2.45, 2.75) is 72.1 Å². The van der Waals surface area contributed by atoms with E-state index in [0.29, 0.717) is 16.9 Å². The molecule has 0 aromatic heterocycles. The molecule has 1 atom stereocenters. The van der Waals surface area contributed by atoms with E-state index in [-0.39, 0.29) is 29.0 Å². The molecule has 0 saturated carbocycles. The van der Waals surface area contributed by atoms with Crippen LogP contribution in [0.25, 0.3) is 5.76 Å². The zero-order valence-electron chi connectivity index (χ0n) is 23.7. The van der Waals surface area contributed by atoms with E-state index in [9.17, 15) is 19.8 Å². The van der Waals surface area contributed by atoms with Crippen molar-refractivity contribution < 1.29 is 24.5 Å². The monoisotopic (exact) mass is 527 g/mol. The first-order chi connectivity index (χ1) is 18.2. The first-order valence-electron chi connectivity index (χ1n) is 13.1. The van der Waals surface area contributed by atoms with Crippen molar-refractivity contribution in [3.8, 4) is 11.5 Å². The zero-order chi connectivity index (χ0) is 28.7. The van der Waals surface area contributed by atoms with Crippen molar-refractivity contribution in [2.24, 2.45) is 0 Å². The Kier molecular flexibility index (Phi) is 7.35. The summed E-state index contributed by atoms with van der Waals surface area (Å²) in [6.07, 6.45) is 0. The lowest BCUT2D eigenvalue weighted by Crippen LogP contribution is -2.30. The first kappa shape index (κ1) is 28.0. The molecule has 1 aliphatic heterocycles. The Balaban J connectivity index is 1.89. The number of para-hydroxylation sites is 1. The molecule has 1 amide bonds. The number of phenolic OH excluding ortho intramolecular Hbond substituents is 1. The number of nitrogens with zero attached hydrogens (tertiary/aromatic N) is 1. The van der Waals surface area contributed by atoms with Crippen molar-refractivity contribution >= 4 is 17.4 Å². The second-order valence-electron chi connectivity index (χ2n) is 12.1. The van der Waals surface area contributed by atoms with Crippen LogP contribution >= 0.6 is 0 Å². The van der Waals surface area contributed by atoms with E-state index in [0.717, 1.165) is 16.7 Å². The second-order valence-corrected chi connectivity index (χ2v) is 12.1. The number of ether oxygens (including phenoxy) is 1. The molecule has 1 fully saturated rings. The van der Waals surface area contributed by atoms with Crippen LogP contribution in [0.4, 0.5) is 0 Å². The summed E-state index contributed by atoms with van der Waals surface area (Å²) in [5.74, 6) is -0.986. The minimum atomic E-state index is -0.856. The van der Waals surface area contributed by atoms with Gasteiger partial charge < -0.3 is 19.8 Å². The van der Waals surface area contributed by atoms with Gasteiger partial charge in [-0.1, -0.05) is 63.2 Å². The molecule has 0 radical (unpaired) electrons. The number of hydrogen-bond donors (Lipinski definition) is 2. The largest absolute Gasteiger partial charge is 0.508 e. The topological polar surface area (TPSA) is 87.1 Å². The molecule has 4 rings (SSSR count). The summed E-state index contributed by atoms with van der Waals surface area (Å²) in [4.78, 5) is 28.6. The van der Waals surface area contributed by atoms with Crippen LogP contribution in [0.1, 0.15) is 75.4 Å². The molecule has 6 heteroatoms. The van der Waals surface area contributed by atoms with Gasteiger partial charge in [-0.15, -0.1) is 0 Å². The quantitative estimate of drug-likeness (QED) is 0.217. The summed E-state index contributed by atoms with van der Waals surface area (Å²) in [6, 6.07) is 18.7. The average molecular weight is 528 g/mol. The van der Waals surface area contributed by atoms with Crippen molar-refractivity contribution in [3.05, 3.63) is 100 Å². The summed E-state index contributed by atoms with van der Waals surface area (Å²) in [5, 5.41) is 21.6. The van der Waals surface area contributed by atoms with Gasteiger partial charge in [0.1, 0.15) is 22.9 Å². The van der Waals surface area contributed by atoms with Crippen LogP contribution in [0.3, 0.4) is 0 Å². The van der Waals surface area contributed by atoms with E-state index in [2.05, 4.69) is 20.8 Å². The van der Waals surface area contributed by atoms with Crippen molar-refractivity contribution in [3.63, 3.8) is 0 Å². The maximum atomic E-state index is 13.6. The fraction of sp³-hybridized carbons (Fsp3) is 0.333. The summed E-state index contributed by atoms with van der Waals surface area (Å²) in [7, 11) is 0. The van der Waals surface area contributed by atoms with Gasteiger partial charge in [-0.25, -0.2) is 0 Å². The Morgan fingerprint density at radius 1 is 0.923 bits per heavy atom.